The lowest BCUT2D eigenvalue weighted by Crippen LogP contribution is -2.19. The average Bonchev–Trinajstić information content (AvgIpc) is 2.20. The molecular formula is C10H20O2S2. The van der Waals surface area contributed by atoms with E-state index in [4.69, 9.17) is 4.74 Å². The maximum Gasteiger partial charge on any atom is 0.318 e. The predicted molar refractivity (Wildman–Crippen MR) is 66.3 cm³/mol. The van der Waals surface area contributed by atoms with Crippen molar-refractivity contribution >= 4 is 31.2 Å². The number of thiol groups is 2. The molecule has 0 radical (unpaired) electrons. The fourth-order valence-electron chi connectivity index (χ4n) is 1.12. The van der Waals surface area contributed by atoms with Crippen LogP contribution in [0.2, 0.25) is 0 Å². The van der Waals surface area contributed by atoms with Crippen LogP contribution in [0.3, 0.4) is 0 Å². The van der Waals surface area contributed by atoms with E-state index in [1.807, 2.05) is 0 Å². The van der Waals surface area contributed by atoms with Crippen LogP contribution in [0.1, 0.15) is 39.0 Å². The summed E-state index contributed by atoms with van der Waals surface area (Å²) in [4.78, 5) is 11.2. The van der Waals surface area contributed by atoms with Crippen molar-refractivity contribution < 1.29 is 9.53 Å². The van der Waals surface area contributed by atoms with E-state index in [0.29, 0.717) is 12.4 Å². The van der Waals surface area contributed by atoms with Crippen LogP contribution in [0.5, 0.6) is 0 Å². The third-order valence-electron chi connectivity index (χ3n) is 1.94. The molecule has 0 aliphatic carbocycles. The zero-order valence-electron chi connectivity index (χ0n) is 8.74. The number of hydrogen-bond acceptors (Lipinski definition) is 4. The first-order valence-corrected chi connectivity index (χ1v) is 6.32. The van der Waals surface area contributed by atoms with Crippen molar-refractivity contribution in [2.45, 2.75) is 44.3 Å². The Balaban J connectivity index is 3.42. The van der Waals surface area contributed by atoms with Gasteiger partial charge in [-0.1, -0.05) is 32.6 Å². The van der Waals surface area contributed by atoms with Crippen molar-refractivity contribution in [3.8, 4) is 0 Å². The van der Waals surface area contributed by atoms with E-state index in [1.54, 1.807) is 0 Å². The second-order valence-electron chi connectivity index (χ2n) is 3.26. The van der Waals surface area contributed by atoms with Gasteiger partial charge in [-0.3, -0.25) is 4.79 Å². The monoisotopic (exact) mass is 236 g/mol. The highest BCUT2D eigenvalue weighted by Gasteiger charge is 2.14. The highest BCUT2D eigenvalue weighted by molar-refractivity contribution is 7.81. The number of hydrogen-bond donors (Lipinski definition) is 2. The molecule has 0 rings (SSSR count). The molecule has 0 aliphatic heterocycles. The molecular weight excluding hydrogens is 216 g/mol. The zero-order chi connectivity index (χ0) is 10.8. The van der Waals surface area contributed by atoms with Crippen LogP contribution < -0.4 is 0 Å². The lowest BCUT2D eigenvalue weighted by molar-refractivity contribution is -0.142. The molecule has 0 fully saturated rings. The summed E-state index contributed by atoms with van der Waals surface area (Å²) >= 11 is 8.16. The molecule has 0 N–H and O–H groups in total. The van der Waals surface area contributed by atoms with Gasteiger partial charge < -0.3 is 4.74 Å². The fraction of sp³-hybridized carbons (Fsp3) is 0.900. The van der Waals surface area contributed by atoms with Gasteiger partial charge >= 0.3 is 5.97 Å². The van der Waals surface area contributed by atoms with Gasteiger partial charge in [0.25, 0.3) is 0 Å². The molecule has 0 aromatic heterocycles. The van der Waals surface area contributed by atoms with Gasteiger partial charge in [0.1, 0.15) is 6.61 Å². The van der Waals surface area contributed by atoms with E-state index in [2.05, 4.69) is 32.2 Å². The largest absolute Gasteiger partial charge is 0.464 e. The average molecular weight is 236 g/mol. The molecule has 14 heavy (non-hydrogen) atoms. The molecule has 0 aromatic carbocycles. The Morgan fingerprint density at radius 2 is 2.07 bits per heavy atom. The summed E-state index contributed by atoms with van der Waals surface area (Å²) < 4.78 is 4.92. The molecule has 1 unspecified atom stereocenters. The van der Waals surface area contributed by atoms with E-state index in [0.717, 1.165) is 12.8 Å². The number of unbranched alkanes of at least 4 members (excludes halogenated alkanes) is 3. The first-order valence-electron chi connectivity index (χ1n) is 5.18. The van der Waals surface area contributed by atoms with Crippen LogP contribution in [0, 0.1) is 0 Å². The molecule has 2 nitrogen and oxygen atoms in total. The SMILES string of the molecule is CCCCCCC(S)C(=O)OCCS. The number of esters is 1. The zero-order valence-corrected chi connectivity index (χ0v) is 10.5. The Labute approximate surface area is 97.6 Å². The minimum atomic E-state index is -0.258. The van der Waals surface area contributed by atoms with Crippen LogP contribution in [-0.2, 0) is 9.53 Å². The van der Waals surface area contributed by atoms with Gasteiger partial charge in [0.2, 0.25) is 0 Å². The fourth-order valence-corrected chi connectivity index (χ4v) is 1.47. The second-order valence-corrected chi connectivity index (χ2v) is 4.33. The third-order valence-corrected chi connectivity index (χ3v) is 2.59. The topological polar surface area (TPSA) is 26.3 Å². The van der Waals surface area contributed by atoms with Gasteiger partial charge in [-0.15, -0.1) is 0 Å². The molecule has 0 heterocycles. The van der Waals surface area contributed by atoms with E-state index in [-0.39, 0.29) is 11.2 Å². The highest BCUT2D eigenvalue weighted by Crippen LogP contribution is 2.11. The van der Waals surface area contributed by atoms with Crippen LogP contribution in [0.4, 0.5) is 0 Å². The van der Waals surface area contributed by atoms with Gasteiger partial charge in [0.05, 0.1) is 5.25 Å². The number of ether oxygens (including phenoxy) is 1. The first kappa shape index (κ1) is 14.2. The molecule has 0 saturated heterocycles. The van der Waals surface area contributed by atoms with E-state index in [1.165, 1.54) is 19.3 Å². The van der Waals surface area contributed by atoms with Gasteiger partial charge in [0.15, 0.2) is 0 Å². The van der Waals surface area contributed by atoms with Crippen molar-refractivity contribution in [2.75, 3.05) is 12.4 Å². The lowest BCUT2D eigenvalue weighted by atomic mass is 10.1. The van der Waals surface area contributed by atoms with Crippen molar-refractivity contribution in [1.29, 1.82) is 0 Å². The molecule has 0 bridgehead atoms. The molecule has 0 spiro atoms. The number of carbonyl (C=O) groups excluding carboxylic acids is 1. The molecule has 0 saturated carbocycles. The van der Waals surface area contributed by atoms with Gasteiger partial charge in [-0.05, 0) is 6.42 Å². The molecule has 1 atom stereocenters. The molecule has 0 amide bonds. The Morgan fingerprint density at radius 1 is 1.36 bits per heavy atom. The normalized spacial score (nSPS) is 12.5. The predicted octanol–water partition coefficient (Wildman–Crippen LogP) is 2.73. The minimum Gasteiger partial charge on any atom is -0.464 e. The maximum absolute atomic E-state index is 11.2. The van der Waals surface area contributed by atoms with Crippen molar-refractivity contribution in [3.05, 3.63) is 0 Å². The summed E-state index contributed by atoms with van der Waals surface area (Å²) in [6.07, 6.45) is 5.48. The summed E-state index contributed by atoms with van der Waals surface area (Å²) in [5.41, 5.74) is 0. The lowest BCUT2D eigenvalue weighted by Gasteiger charge is -2.09. The van der Waals surface area contributed by atoms with E-state index < -0.39 is 0 Å². The number of carbonyl (C=O) groups is 1. The summed E-state index contributed by atoms with van der Waals surface area (Å²) in [6.45, 7) is 2.55. The molecule has 0 aromatic rings. The van der Waals surface area contributed by atoms with Gasteiger partial charge in [0, 0.05) is 5.75 Å². The smallest absolute Gasteiger partial charge is 0.318 e. The van der Waals surface area contributed by atoms with Crippen LogP contribution in [0.15, 0.2) is 0 Å². The van der Waals surface area contributed by atoms with Crippen molar-refractivity contribution in [1.82, 2.24) is 0 Å². The third kappa shape index (κ3) is 7.56. The van der Waals surface area contributed by atoms with Crippen LogP contribution in [-0.4, -0.2) is 23.6 Å². The van der Waals surface area contributed by atoms with Crippen molar-refractivity contribution in [2.24, 2.45) is 0 Å². The molecule has 84 valence electrons. The highest BCUT2D eigenvalue weighted by atomic mass is 32.1. The Hall–Kier alpha value is 0.170. The first-order chi connectivity index (χ1) is 6.72. The Kier molecular flexibility index (Phi) is 9.83. The Morgan fingerprint density at radius 3 is 2.64 bits per heavy atom. The number of rotatable bonds is 8. The summed E-state index contributed by atoms with van der Waals surface area (Å²) in [5, 5.41) is -0.258. The standard InChI is InChI=1S/C10H20O2S2/c1-2-3-4-5-6-9(14)10(11)12-7-8-13/h9,13-14H,2-8H2,1H3. The van der Waals surface area contributed by atoms with Crippen molar-refractivity contribution in [3.63, 3.8) is 0 Å². The van der Waals surface area contributed by atoms with Gasteiger partial charge in [-0.25, -0.2) is 0 Å². The molecule has 4 heteroatoms. The summed E-state index contributed by atoms with van der Waals surface area (Å²) in [6, 6.07) is 0. The van der Waals surface area contributed by atoms with Gasteiger partial charge in [-0.2, -0.15) is 25.3 Å². The summed E-state index contributed by atoms with van der Waals surface area (Å²) in [5.74, 6) is 0.362. The van der Waals surface area contributed by atoms with E-state index >= 15 is 0 Å². The maximum atomic E-state index is 11.2. The minimum absolute atomic E-state index is 0.209. The Bertz CT molecular complexity index is 151. The van der Waals surface area contributed by atoms with Crippen LogP contribution >= 0.6 is 25.3 Å². The molecule has 0 aliphatic rings. The van der Waals surface area contributed by atoms with Crippen LogP contribution in [0.25, 0.3) is 0 Å². The van der Waals surface area contributed by atoms with E-state index in [9.17, 15) is 4.79 Å². The summed E-state index contributed by atoms with van der Waals surface area (Å²) in [7, 11) is 0. The quantitative estimate of drug-likeness (QED) is 0.385. The second kappa shape index (κ2) is 9.71.